The predicted molar refractivity (Wildman–Crippen MR) is 79.7 cm³/mol. The zero-order valence-corrected chi connectivity index (χ0v) is 12.0. The number of pyridine rings is 1. The Morgan fingerprint density at radius 1 is 1.38 bits per heavy atom. The molecule has 3 heterocycles. The van der Waals surface area contributed by atoms with Crippen molar-refractivity contribution in [2.24, 2.45) is 7.05 Å². The Hall–Kier alpha value is -2.21. The molecule has 0 radical (unpaired) electrons. The average molecular weight is 282 g/mol. The molecular weight excluding hydrogens is 264 g/mol. The lowest BCUT2D eigenvalue weighted by Crippen LogP contribution is -2.15. The van der Waals surface area contributed by atoms with Gasteiger partial charge in [-0.2, -0.15) is 0 Å². The van der Waals surface area contributed by atoms with Crippen LogP contribution in [0.3, 0.4) is 0 Å². The Kier molecular flexibility index (Phi) is 2.96. The smallest absolute Gasteiger partial charge is 0.152 e. The molecule has 0 bridgehead atoms. The second kappa shape index (κ2) is 4.96. The molecule has 6 nitrogen and oxygen atoms in total. The van der Waals surface area contributed by atoms with Gasteiger partial charge in [0.25, 0.3) is 0 Å². The van der Waals surface area contributed by atoms with Crippen molar-refractivity contribution < 1.29 is 0 Å². The number of hydrogen-bond donors (Lipinski definition) is 1. The number of aryl methyl sites for hydroxylation is 1. The summed E-state index contributed by atoms with van der Waals surface area (Å²) < 4.78 is 4.10. The van der Waals surface area contributed by atoms with E-state index in [9.17, 15) is 0 Å². The molecule has 6 heteroatoms. The minimum Gasteiger partial charge on any atom is -0.325 e. The summed E-state index contributed by atoms with van der Waals surface area (Å²) in [6, 6.07) is 4.84. The van der Waals surface area contributed by atoms with Gasteiger partial charge in [0.1, 0.15) is 12.0 Å². The first kappa shape index (κ1) is 12.5. The van der Waals surface area contributed by atoms with Gasteiger partial charge in [-0.05, 0) is 30.5 Å². The van der Waals surface area contributed by atoms with Crippen LogP contribution in [0.15, 0.2) is 30.9 Å². The Bertz CT molecular complexity index is 767. The van der Waals surface area contributed by atoms with Crippen LogP contribution < -0.4 is 5.32 Å². The molecule has 0 unspecified atom stereocenters. The van der Waals surface area contributed by atoms with Crippen LogP contribution in [0.4, 0.5) is 0 Å². The molecule has 21 heavy (non-hydrogen) atoms. The van der Waals surface area contributed by atoms with Crippen LogP contribution in [0.5, 0.6) is 0 Å². The highest BCUT2D eigenvalue weighted by molar-refractivity contribution is 5.80. The summed E-state index contributed by atoms with van der Waals surface area (Å²) in [5.74, 6) is 0.930. The first-order valence-corrected chi connectivity index (χ1v) is 7.30. The van der Waals surface area contributed by atoms with E-state index in [1.54, 1.807) is 6.33 Å². The van der Waals surface area contributed by atoms with Crippen molar-refractivity contribution in [1.82, 2.24) is 29.6 Å². The van der Waals surface area contributed by atoms with E-state index < -0.39 is 0 Å². The number of hydrogen-bond acceptors (Lipinski definition) is 4. The van der Waals surface area contributed by atoms with Crippen molar-refractivity contribution in [3.05, 3.63) is 42.2 Å². The normalized spacial score (nSPS) is 14.9. The van der Waals surface area contributed by atoms with Crippen LogP contribution in [-0.2, 0) is 20.1 Å². The fraction of sp³-hybridized carbons (Fsp3) is 0.400. The molecule has 0 amide bonds. The van der Waals surface area contributed by atoms with Gasteiger partial charge >= 0.3 is 0 Å². The Morgan fingerprint density at radius 2 is 2.29 bits per heavy atom. The Balaban J connectivity index is 1.68. The van der Waals surface area contributed by atoms with Crippen LogP contribution in [-0.4, -0.2) is 30.4 Å². The average Bonchev–Trinajstić information content (AvgIpc) is 3.16. The summed E-state index contributed by atoms with van der Waals surface area (Å²) in [4.78, 5) is 4.53. The van der Waals surface area contributed by atoms with E-state index in [1.165, 1.54) is 23.8 Å². The first-order chi connectivity index (χ1) is 10.3. The molecule has 1 aliphatic carbocycles. The number of fused-ring (bicyclic) bond motifs is 1. The molecule has 0 aliphatic heterocycles. The molecule has 3 aromatic rings. The highest BCUT2D eigenvalue weighted by atomic mass is 15.3. The summed E-state index contributed by atoms with van der Waals surface area (Å²) in [6.45, 7) is 1.59. The second-order valence-corrected chi connectivity index (χ2v) is 5.67. The zero-order chi connectivity index (χ0) is 14.2. The molecule has 0 spiro atoms. The Morgan fingerprint density at radius 3 is 3.05 bits per heavy atom. The predicted octanol–water partition coefficient (Wildman–Crippen LogP) is 1.47. The quantitative estimate of drug-likeness (QED) is 0.770. The van der Waals surface area contributed by atoms with Crippen molar-refractivity contribution in [3.63, 3.8) is 0 Å². The minimum absolute atomic E-state index is 0.688. The lowest BCUT2D eigenvalue weighted by atomic mass is 10.2. The molecule has 108 valence electrons. The number of nitrogens with one attached hydrogen (secondary N) is 1. The highest BCUT2D eigenvalue weighted by Gasteiger charge is 2.21. The van der Waals surface area contributed by atoms with Gasteiger partial charge in [0.2, 0.25) is 0 Å². The molecule has 1 N–H and O–H groups in total. The van der Waals surface area contributed by atoms with Crippen molar-refractivity contribution in [3.8, 4) is 0 Å². The molecule has 1 saturated carbocycles. The zero-order valence-electron chi connectivity index (χ0n) is 12.0. The minimum atomic E-state index is 0.688. The molecule has 3 aromatic heterocycles. The molecule has 1 aliphatic rings. The molecule has 0 aromatic carbocycles. The third-order valence-electron chi connectivity index (χ3n) is 3.99. The molecule has 1 fully saturated rings. The molecular formula is C15H18N6. The van der Waals surface area contributed by atoms with Crippen molar-refractivity contribution in [2.45, 2.75) is 32.0 Å². The van der Waals surface area contributed by atoms with E-state index in [-0.39, 0.29) is 0 Å². The van der Waals surface area contributed by atoms with Gasteiger partial charge in [0.05, 0.1) is 6.54 Å². The van der Waals surface area contributed by atoms with Gasteiger partial charge in [-0.1, -0.05) is 0 Å². The summed E-state index contributed by atoms with van der Waals surface area (Å²) in [7, 11) is 1.96. The molecule has 4 rings (SSSR count). The summed E-state index contributed by atoms with van der Waals surface area (Å²) in [6.07, 6.45) is 8.35. The van der Waals surface area contributed by atoms with Crippen LogP contribution >= 0.6 is 0 Å². The fourth-order valence-electron chi connectivity index (χ4n) is 2.60. The largest absolute Gasteiger partial charge is 0.325 e. The van der Waals surface area contributed by atoms with E-state index in [0.717, 1.165) is 18.0 Å². The maximum atomic E-state index is 4.53. The molecule has 0 saturated heterocycles. The fourth-order valence-corrected chi connectivity index (χ4v) is 2.60. The third-order valence-corrected chi connectivity index (χ3v) is 3.99. The summed E-state index contributed by atoms with van der Waals surface area (Å²) in [5.41, 5.74) is 2.31. The van der Waals surface area contributed by atoms with Crippen molar-refractivity contribution in [1.29, 1.82) is 0 Å². The SMILES string of the molecule is Cn1cnnc1Cn1cc(CNC2CC2)c2cccnc21. The first-order valence-electron chi connectivity index (χ1n) is 7.30. The number of nitrogens with zero attached hydrogens (tertiary/aromatic N) is 5. The van der Waals surface area contributed by atoms with E-state index in [2.05, 4.69) is 37.3 Å². The third kappa shape index (κ3) is 2.42. The lowest BCUT2D eigenvalue weighted by Gasteiger charge is -2.03. The Labute approximate surface area is 122 Å². The summed E-state index contributed by atoms with van der Waals surface area (Å²) in [5, 5.41) is 12.9. The molecule has 0 atom stereocenters. The topological polar surface area (TPSA) is 60.6 Å². The second-order valence-electron chi connectivity index (χ2n) is 5.67. The monoisotopic (exact) mass is 282 g/mol. The van der Waals surface area contributed by atoms with E-state index in [1.807, 2.05) is 23.9 Å². The maximum Gasteiger partial charge on any atom is 0.152 e. The number of rotatable bonds is 5. The van der Waals surface area contributed by atoms with Crippen LogP contribution in [0.1, 0.15) is 24.2 Å². The number of aromatic nitrogens is 5. The van der Waals surface area contributed by atoms with Crippen molar-refractivity contribution in [2.75, 3.05) is 0 Å². The van der Waals surface area contributed by atoms with Crippen molar-refractivity contribution >= 4 is 11.0 Å². The van der Waals surface area contributed by atoms with Crippen LogP contribution in [0.2, 0.25) is 0 Å². The van der Waals surface area contributed by atoms with E-state index >= 15 is 0 Å². The van der Waals surface area contributed by atoms with E-state index in [0.29, 0.717) is 12.6 Å². The van der Waals surface area contributed by atoms with Gasteiger partial charge in [0.15, 0.2) is 5.82 Å². The van der Waals surface area contributed by atoms with E-state index in [4.69, 9.17) is 0 Å². The van der Waals surface area contributed by atoms with Crippen LogP contribution in [0.25, 0.3) is 11.0 Å². The van der Waals surface area contributed by atoms with Gasteiger partial charge < -0.3 is 14.5 Å². The van der Waals surface area contributed by atoms with Gasteiger partial charge in [0, 0.05) is 37.4 Å². The highest BCUT2D eigenvalue weighted by Crippen LogP contribution is 2.23. The lowest BCUT2D eigenvalue weighted by molar-refractivity contribution is 0.679. The standard InChI is InChI=1S/C15H18N6/c1-20-10-18-19-14(20)9-21-8-11(7-17-12-4-5-12)13-3-2-6-16-15(13)21/h2-3,6,8,10,12,17H,4-5,7,9H2,1H3. The van der Waals surface area contributed by atoms with Gasteiger partial charge in [-0.15, -0.1) is 10.2 Å². The van der Waals surface area contributed by atoms with Crippen LogP contribution in [0, 0.1) is 0 Å². The van der Waals surface area contributed by atoms with Gasteiger partial charge in [-0.25, -0.2) is 4.98 Å². The summed E-state index contributed by atoms with van der Waals surface area (Å²) >= 11 is 0. The maximum absolute atomic E-state index is 4.53. The van der Waals surface area contributed by atoms with Gasteiger partial charge in [-0.3, -0.25) is 0 Å².